The van der Waals surface area contributed by atoms with Crippen molar-refractivity contribution in [3.63, 3.8) is 0 Å². The van der Waals surface area contributed by atoms with Crippen LogP contribution in [-0.4, -0.2) is 77.6 Å². The third kappa shape index (κ3) is 5.27. The fraction of sp³-hybridized carbons (Fsp3) is 0.650. The highest BCUT2D eigenvalue weighted by Crippen LogP contribution is 2.26. The van der Waals surface area contributed by atoms with E-state index in [4.69, 9.17) is 0 Å². The Hall–Kier alpha value is -1.43. The van der Waals surface area contributed by atoms with Crippen molar-refractivity contribution in [1.29, 1.82) is 0 Å². The van der Waals surface area contributed by atoms with E-state index in [1.165, 1.54) is 11.1 Å². The molecule has 1 aliphatic carbocycles. The van der Waals surface area contributed by atoms with Crippen molar-refractivity contribution in [3.8, 4) is 0 Å². The predicted octanol–water partition coefficient (Wildman–Crippen LogP) is 1.49. The second kappa shape index (κ2) is 8.79. The minimum Gasteiger partial charge on any atom is -0.395 e. The van der Waals surface area contributed by atoms with E-state index in [0.717, 1.165) is 52.0 Å². The van der Waals surface area contributed by atoms with Gasteiger partial charge in [-0.2, -0.15) is 0 Å². The molecule has 1 aromatic carbocycles. The minimum atomic E-state index is 0.133. The fourth-order valence-corrected chi connectivity index (χ4v) is 3.64. The Morgan fingerprint density at radius 1 is 1.20 bits per heavy atom. The molecule has 25 heavy (non-hydrogen) atoms. The van der Waals surface area contributed by atoms with E-state index in [2.05, 4.69) is 41.0 Å². The highest BCUT2D eigenvalue weighted by molar-refractivity contribution is 5.78. The number of aryl methyl sites for hydroxylation is 1. The average Bonchev–Trinajstić information content (AvgIpc) is 3.44. The first-order chi connectivity index (χ1) is 12.2. The van der Waals surface area contributed by atoms with Gasteiger partial charge in [0.05, 0.1) is 13.2 Å². The zero-order valence-electron chi connectivity index (χ0n) is 15.4. The number of aliphatic hydroxyl groups is 1. The van der Waals surface area contributed by atoms with E-state index in [9.17, 15) is 9.90 Å². The fourth-order valence-electron chi connectivity index (χ4n) is 3.64. The molecule has 0 atom stereocenters. The van der Waals surface area contributed by atoms with Crippen molar-refractivity contribution in [1.82, 2.24) is 14.7 Å². The topological polar surface area (TPSA) is 47.0 Å². The van der Waals surface area contributed by atoms with Gasteiger partial charge in [0.1, 0.15) is 0 Å². The summed E-state index contributed by atoms with van der Waals surface area (Å²) in [5, 5.41) is 9.21. The standard InChI is InChI=1S/C20H31N3O2/c1-17-5-2-3-6-18(17)15-21-9-4-10-22(12-11-21)20(25)16-23(13-14-24)19-7-8-19/h2-3,5-6,19,24H,4,7-16H2,1H3. The van der Waals surface area contributed by atoms with Gasteiger partial charge in [-0.1, -0.05) is 24.3 Å². The summed E-state index contributed by atoms with van der Waals surface area (Å²) in [7, 11) is 0. The van der Waals surface area contributed by atoms with Gasteiger partial charge in [0.25, 0.3) is 0 Å². The zero-order valence-corrected chi connectivity index (χ0v) is 15.4. The van der Waals surface area contributed by atoms with Crippen LogP contribution in [0.3, 0.4) is 0 Å². The van der Waals surface area contributed by atoms with E-state index < -0.39 is 0 Å². The van der Waals surface area contributed by atoms with Crippen molar-refractivity contribution < 1.29 is 9.90 Å². The minimum absolute atomic E-state index is 0.133. The van der Waals surface area contributed by atoms with Crippen LogP contribution in [0.1, 0.15) is 30.4 Å². The number of benzene rings is 1. The van der Waals surface area contributed by atoms with E-state index in [1.54, 1.807) is 0 Å². The van der Waals surface area contributed by atoms with Crippen LogP contribution in [0.2, 0.25) is 0 Å². The maximum atomic E-state index is 12.7. The lowest BCUT2D eigenvalue weighted by atomic mass is 10.1. The van der Waals surface area contributed by atoms with Crippen LogP contribution in [0.5, 0.6) is 0 Å². The summed E-state index contributed by atoms with van der Waals surface area (Å²) in [6.45, 7) is 7.97. The van der Waals surface area contributed by atoms with Crippen LogP contribution >= 0.6 is 0 Å². The SMILES string of the molecule is Cc1ccccc1CN1CCCN(C(=O)CN(CCO)C2CC2)CC1. The van der Waals surface area contributed by atoms with Crippen LogP contribution in [0.4, 0.5) is 0 Å². The lowest BCUT2D eigenvalue weighted by Gasteiger charge is -2.26. The van der Waals surface area contributed by atoms with Gasteiger partial charge < -0.3 is 10.0 Å². The zero-order chi connectivity index (χ0) is 17.6. The number of carbonyl (C=O) groups is 1. The Morgan fingerprint density at radius 2 is 2.00 bits per heavy atom. The molecule has 0 spiro atoms. The summed E-state index contributed by atoms with van der Waals surface area (Å²) in [5.74, 6) is 0.220. The van der Waals surface area contributed by atoms with Gasteiger partial charge >= 0.3 is 0 Å². The van der Waals surface area contributed by atoms with E-state index >= 15 is 0 Å². The molecule has 3 rings (SSSR count). The first kappa shape index (κ1) is 18.4. The molecule has 0 bridgehead atoms. The molecule has 1 aromatic rings. The third-order valence-electron chi connectivity index (χ3n) is 5.39. The van der Waals surface area contributed by atoms with Crippen molar-refractivity contribution >= 4 is 5.91 Å². The van der Waals surface area contributed by atoms with E-state index in [0.29, 0.717) is 19.1 Å². The van der Waals surface area contributed by atoms with E-state index in [-0.39, 0.29) is 12.5 Å². The van der Waals surface area contributed by atoms with Gasteiger partial charge in [-0.25, -0.2) is 0 Å². The van der Waals surface area contributed by atoms with Gasteiger partial charge in [-0.3, -0.25) is 14.6 Å². The normalized spacial score (nSPS) is 19.2. The Balaban J connectivity index is 1.50. The molecule has 0 aromatic heterocycles. The molecule has 5 nitrogen and oxygen atoms in total. The summed E-state index contributed by atoms with van der Waals surface area (Å²) in [6.07, 6.45) is 3.36. The molecule has 2 fully saturated rings. The second-order valence-corrected chi connectivity index (χ2v) is 7.36. The van der Waals surface area contributed by atoms with Gasteiger partial charge in [0, 0.05) is 45.3 Å². The van der Waals surface area contributed by atoms with Crippen LogP contribution in [0.15, 0.2) is 24.3 Å². The molecule has 2 aliphatic rings. The molecule has 5 heteroatoms. The predicted molar refractivity (Wildman–Crippen MR) is 99.3 cm³/mol. The molecule has 0 unspecified atom stereocenters. The lowest BCUT2D eigenvalue weighted by Crippen LogP contribution is -2.43. The van der Waals surface area contributed by atoms with Crippen molar-refractivity contribution in [2.45, 2.75) is 38.8 Å². The molecule has 1 aliphatic heterocycles. The molecule has 138 valence electrons. The summed E-state index contributed by atoms with van der Waals surface area (Å²) >= 11 is 0. The molecule has 1 heterocycles. The maximum absolute atomic E-state index is 12.7. The number of hydrogen-bond donors (Lipinski definition) is 1. The van der Waals surface area contributed by atoms with Gasteiger partial charge in [-0.15, -0.1) is 0 Å². The smallest absolute Gasteiger partial charge is 0.236 e. The van der Waals surface area contributed by atoms with E-state index in [1.807, 2.05) is 4.90 Å². The Labute approximate surface area is 151 Å². The molecule has 1 saturated heterocycles. The number of amides is 1. The molecule has 1 N–H and O–H groups in total. The van der Waals surface area contributed by atoms with Gasteiger partial charge in [0.15, 0.2) is 0 Å². The van der Waals surface area contributed by atoms with Crippen LogP contribution in [-0.2, 0) is 11.3 Å². The largest absolute Gasteiger partial charge is 0.395 e. The van der Waals surface area contributed by atoms with Crippen molar-refractivity contribution in [2.24, 2.45) is 0 Å². The number of hydrogen-bond acceptors (Lipinski definition) is 4. The van der Waals surface area contributed by atoms with Crippen molar-refractivity contribution in [2.75, 3.05) is 45.9 Å². The first-order valence-corrected chi connectivity index (χ1v) is 9.57. The van der Waals surface area contributed by atoms with Crippen molar-refractivity contribution in [3.05, 3.63) is 35.4 Å². The Morgan fingerprint density at radius 3 is 2.72 bits per heavy atom. The Bertz CT molecular complexity index is 574. The Kier molecular flexibility index (Phi) is 6.45. The van der Waals surface area contributed by atoms with Crippen LogP contribution in [0, 0.1) is 6.92 Å². The second-order valence-electron chi connectivity index (χ2n) is 7.36. The molecule has 1 amide bonds. The monoisotopic (exact) mass is 345 g/mol. The van der Waals surface area contributed by atoms with Crippen LogP contribution < -0.4 is 0 Å². The number of carbonyl (C=O) groups excluding carboxylic acids is 1. The quantitative estimate of drug-likeness (QED) is 0.813. The number of rotatable bonds is 7. The number of nitrogens with zero attached hydrogens (tertiary/aromatic N) is 3. The van der Waals surface area contributed by atoms with Crippen LogP contribution in [0.25, 0.3) is 0 Å². The molecule has 0 radical (unpaired) electrons. The summed E-state index contributed by atoms with van der Waals surface area (Å²) in [6, 6.07) is 9.06. The third-order valence-corrected chi connectivity index (χ3v) is 5.39. The average molecular weight is 345 g/mol. The van der Waals surface area contributed by atoms with Gasteiger partial charge in [-0.05, 0) is 37.3 Å². The highest BCUT2D eigenvalue weighted by atomic mass is 16.3. The first-order valence-electron chi connectivity index (χ1n) is 9.57. The van der Waals surface area contributed by atoms with Gasteiger partial charge in [0.2, 0.25) is 5.91 Å². The molecule has 1 saturated carbocycles. The summed E-state index contributed by atoms with van der Waals surface area (Å²) in [5.41, 5.74) is 2.72. The highest BCUT2D eigenvalue weighted by Gasteiger charge is 2.31. The molecular formula is C20H31N3O2. The number of aliphatic hydroxyl groups excluding tert-OH is 1. The summed E-state index contributed by atoms with van der Waals surface area (Å²) < 4.78 is 0. The molecular weight excluding hydrogens is 314 g/mol. The maximum Gasteiger partial charge on any atom is 0.236 e. The summed E-state index contributed by atoms with van der Waals surface area (Å²) in [4.78, 5) is 19.3. The lowest BCUT2D eigenvalue weighted by molar-refractivity contribution is -0.132.